The van der Waals surface area contributed by atoms with Crippen molar-refractivity contribution in [3.63, 3.8) is 0 Å². The number of rotatable bonds is 2. The molecular formula is C13H12ClF2N. The van der Waals surface area contributed by atoms with Crippen molar-refractivity contribution in [2.75, 3.05) is 0 Å². The van der Waals surface area contributed by atoms with E-state index in [1.807, 2.05) is 6.92 Å². The summed E-state index contributed by atoms with van der Waals surface area (Å²) in [6.07, 6.45) is 1.58. The van der Waals surface area contributed by atoms with Gasteiger partial charge in [-0.1, -0.05) is 24.9 Å². The van der Waals surface area contributed by atoms with Crippen molar-refractivity contribution in [1.29, 1.82) is 0 Å². The maximum atomic E-state index is 13.9. The first-order valence-electron chi connectivity index (χ1n) is 5.48. The Labute approximate surface area is 103 Å². The molecule has 1 aromatic carbocycles. The largest absolute Gasteiger partial charge is 0.233 e. The highest BCUT2D eigenvalue weighted by molar-refractivity contribution is 6.30. The first kappa shape index (κ1) is 12.2. The van der Waals surface area contributed by atoms with Crippen LogP contribution in [0.15, 0.2) is 12.1 Å². The van der Waals surface area contributed by atoms with Crippen LogP contribution in [0, 0.1) is 18.6 Å². The van der Waals surface area contributed by atoms with Gasteiger partial charge in [0.1, 0.15) is 22.3 Å². The highest BCUT2D eigenvalue weighted by Crippen LogP contribution is 2.27. The monoisotopic (exact) mass is 255 g/mol. The number of pyridine rings is 1. The predicted molar refractivity (Wildman–Crippen MR) is 65.4 cm³/mol. The molecule has 2 rings (SSSR count). The van der Waals surface area contributed by atoms with Crippen molar-refractivity contribution in [3.8, 4) is 0 Å². The summed E-state index contributed by atoms with van der Waals surface area (Å²) in [7, 11) is 0. The van der Waals surface area contributed by atoms with Gasteiger partial charge in [-0.25, -0.2) is 13.8 Å². The van der Waals surface area contributed by atoms with Gasteiger partial charge in [0.15, 0.2) is 0 Å². The van der Waals surface area contributed by atoms with E-state index < -0.39 is 11.6 Å². The molecule has 0 fully saturated rings. The van der Waals surface area contributed by atoms with E-state index in [1.165, 1.54) is 6.92 Å². The summed E-state index contributed by atoms with van der Waals surface area (Å²) >= 11 is 5.95. The quantitative estimate of drug-likeness (QED) is 0.724. The molecule has 1 nitrogen and oxygen atoms in total. The number of aromatic nitrogens is 1. The smallest absolute Gasteiger partial charge is 0.149 e. The lowest BCUT2D eigenvalue weighted by Crippen LogP contribution is -1.96. The highest BCUT2D eigenvalue weighted by Gasteiger charge is 2.13. The van der Waals surface area contributed by atoms with Gasteiger partial charge in [0.2, 0.25) is 0 Å². The molecule has 2 aromatic rings. The minimum absolute atomic E-state index is 0.00190. The van der Waals surface area contributed by atoms with E-state index in [9.17, 15) is 8.78 Å². The lowest BCUT2D eigenvalue weighted by Gasteiger charge is -2.08. The van der Waals surface area contributed by atoms with Crippen LogP contribution in [0.5, 0.6) is 0 Å². The number of aryl methyl sites for hydroxylation is 2. The Morgan fingerprint density at radius 1 is 1.29 bits per heavy atom. The summed E-state index contributed by atoms with van der Waals surface area (Å²) in [4.78, 5) is 3.95. The Kier molecular flexibility index (Phi) is 3.29. The number of nitrogens with zero attached hydrogens (tertiary/aromatic N) is 1. The van der Waals surface area contributed by atoms with Crippen LogP contribution < -0.4 is 0 Å². The molecular weight excluding hydrogens is 244 g/mol. The molecule has 0 bridgehead atoms. The van der Waals surface area contributed by atoms with Crippen LogP contribution in [-0.2, 0) is 6.42 Å². The third-order valence-corrected chi connectivity index (χ3v) is 3.05. The van der Waals surface area contributed by atoms with Crippen molar-refractivity contribution in [3.05, 3.63) is 40.0 Å². The van der Waals surface area contributed by atoms with Crippen molar-refractivity contribution in [2.45, 2.75) is 26.7 Å². The Hall–Kier alpha value is -1.22. The second-order valence-electron chi connectivity index (χ2n) is 4.07. The van der Waals surface area contributed by atoms with Gasteiger partial charge in [0, 0.05) is 5.39 Å². The van der Waals surface area contributed by atoms with Crippen molar-refractivity contribution >= 4 is 22.5 Å². The number of fused-ring (bicyclic) bond motifs is 1. The predicted octanol–water partition coefficient (Wildman–Crippen LogP) is 4.43. The van der Waals surface area contributed by atoms with Gasteiger partial charge < -0.3 is 0 Å². The first-order valence-corrected chi connectivity index (χ1v) is 5.86. The van der Waals surface area contributed by atoms with E-state index >= 15 is 0 Å². The fraction of sp³-hybridized carbons (Fsp3) is 0.308. The highest BCUT2D eigenvalue weighted by atomic mass is 35.5. The van der Waals surface area contributed by atoms with Crippen LogP contribution >= 0.6 is 11.6 Å². The minimum atomic E-state index is -0.538. The Balaban J connectivity index is 2.79. The standard InChI is InChI=1S/C13H12ClF2N/c1-3-4-8-6-9-11(16)7(2)5-10(15)12(9)17-13(8)14/h5-6H,3-4H2,1-2H3. The van der Waals surface area contributed by atoms with E-state index in [1.54, 1.807) is 6.07 Å². The Morgan fingerprint density at radius 3 is 2.65 bits per heavy atom. The van der Waals surface area contributed by atoms with Gasteiger partial charge in [-0.2, -0.15) is 0 Å². The Morgan fingerprint density at radius 2 is 2.00 bits per heavy atom. The molecule has 0 saturated heterocycles. The third kappa shape index (κ3) is 2.12. The van der Waals surface area contributed by atoms with Crippen LogP contribution in [0.2, 0.25) is 5.15 Å². The molecule has 1 aromatic heterocycles. The molecule has 17 heavy (non-hydrogen) atoms. The number of halogens is 3. The summed E-state index contributed by atoms with van der Waals surface area (Å²) < 4.78 is 27.5. The fourth-order valence-electron chi connectivity index (χ4n) is 1.86. The number of hydrogen-bond donors (Lipinski definition) is 0. The van der Waals surface area contributed by atoms with E-state index in [2.05, 4.69) is 4.98 Å². The maximum absolute atomic E-state index is 13.9. The fourth-order valence-corrected chi connectivity index (χ4v) is 2.09. The Bertz CT molecular complexity index is 581. The molecule has 0 radical (unpaired) electrons. The second-order valence-corrected chi connectivity index (χ2v) is 4.43. The molecule has 0 aliphatic rings. The average molecular weight is 256 g/mol. The molecule has 4 heteroatoms. The van der Waals surface area contributed by atoms with Gasteiger partial charge in [-0.05, 0) is 36.6 Å². The molecule has 0 spiro atoms. The molecule has 0 N–H and O–H groups in total. The molecule has 1 heterocycles. The molecule has 0 aliphatic heterocycles. The van der Waals surface area contributed by atoms with Gasteiger partial charge in [0.25, 0.3) is 0 Å². The number of hydrogen-bond acceptors (Lipinski definition) is 1. The van der Waals surface area contributed by atoms with Gasteiger partial charge >= 0.3 is 0 Å². The lowest BCUT2D eigenvalue weighted by atomic mass is 10.1. The van der Waals surface area contributed by atoms with E-state index in [4.69, 9.17) is 11.6 Å². The summed E-state index contributed by atoms with van der Waals surface area (Å²) in [6, 6.07) is 2.74. The molecule has 0 atom stereocenters. The zero-order chi connectivity index (χ0) is 12.6. The summed E-state index contributed by atoms with van der Waals surface area (Å²) in [5.74, 6) is -0.966. The van der Waals surface area contributed by atoms with E-state index in [0.717, 1.165) is 18.1 Å². The normalized spacial score (nSPS) is 11.1. The van der Waals surface area contributed by atoms with Crippen molar-refractivity contribution < 1.29 is 8.78 Å². The zero-order valence-electron chi connectivity index (χ0n) is 9.65. The molecule has 0 amide bonds. The summed E-state index contributed by atoms with van der Waals surface area (Å²) in [5, 5.41) is 0.455. The molecule has 0 unspecified atom stereocenters. The topological polar surface area (TPSA) is 12.9 Å². The van der Waals surface area contributed by atoms with Gasteiger partial charge in [-0.3, -0.25) is 0 Å². The van der Waals surface area contributed by atoms with E-state index in [0.29, 0.717) is 6.42 Å². The average Bonchev–Trinajstić information content (AvgIpc) is 2.28. The van der Waals surface area contributed by atoms with Crippen LogP contribution in [0.4, 0.5) is 8.78 Å². The molecule has 0 saturated carbocycles. The summed E-state index contributed by atoms with van der Waals surface area (Å²) in [6.45, 7) is 3.53. The lowest BCUT2D eigenvalue weighted by molar-refractivity contribution is 0.607. The van der Waals surface area contributed by atoms with Crippen LogP contribution in [0.25, 0.3) is 10.9 Å². The summed E-state index contributed by atoms with van der Waals surface area (Å²) in [5.41, 5.74) is 1.03. The van der Waals surface area contributed by atoms with Crippen LogP contribution in [0.3, 0.4) is 0 Å². The molecule has 0 aliphatic carbocycles. The first-order chi connectivity index (χ1) is 8.04. The van der Waals surface area contributed by atoms with E-state index in [-0.39, 0.29) is 21.6 Å². The van der Waals surface area contributed by atoms with Gasteiger partial charge in [0.05, 0.1) is 0 Å². The van der Waals surface area contributed by atoms with Crippen LogP contribution in [0.1, 0.15) is 24.5 Å². The second kappa shape index (κ2) is 4.57. The maximum Gasteiger partial charge on any atom is 0.149 e. The van der Waals surface area contributed by atoms with Gasteiger partial charge in [-0.15, -0.1) is 0 Å². The van der Waals surface area contributed by atoms with Crippen molar-refractivity contribution in [1.82, 2.24) is 4.98 Å². The third-order valence-electron chi connectivity index (χ3n) is 2.72. The molecule has 90 valence electrons. The van der Waals surface area contributed by atoms with Crippen molar-refractivity contribution in [2.24, 2.45) is 0 Å². The zero-order valence-corrected chi connectivity index (χ0v) is 10.4. The van der Waals surface area contributed by atoms with Crippen LogP contribution in [-0.4, -0.2) is 4.98 Å². The number of benzene rings is 1. The SMILES string of the molecule is CCCc1cc2c(F)c(C)cc(F)c2nc1Cl. The minimum Gasteiger partial charge on any atom is -0.233 e.